The zero-order chi connectivity index (χ0) is 18.5. The summed E-state index contributed by atoms with van der Waals surface area (Å²) in [6, 6.07) is 6.62. The van der Waals surface area contributed by atoms with Crippen LogP contribution in [-0.4, -0.2) is 44.4 Å². The molecule has 138 valence electrons. The van der Waals surface area contributed by atoms with Crippen LogP contribution in [0.1, 0.15) is 16.8 Å². The van der Waals surface area contributed by atoms with Gasteiger partial charge in [0.2, 0.25) is 5.88 Å². The molecule has 1 atom stereocenters. The fraction of sp³-hybridized carbons (Fsp3) is 0.333. The summed E-state index contributed by atoms with van der Waals surface area (Å²) in [6.07, 6.45) is 2.14. The maximum absolute atomic E-state index is 12.5. The van der Waals surface area contributed by atoms with Crippen LogP contribution < -0.4 is 19.5 Å². The van der Waals surface area contributed by atoms with Gasteiger partial charge in [0.15, 0.2) is 0 Å². The summed E-state index contributed by atoms with van der Waals surface area (Å²) in [5.74, 6) is 1.04. The molecule has 1 aliphatic heterocycles. The molecule has 0 spiro atoms. The van der Waals surface area contributed by atoms with E-state index < -0.39 is 0 Å². The second-order valence-electron chi connectivity index (χ2n) is 5.63. The predicted molar refractivity (Wildman–Crippen MR) is 96.6 cm³/mol. The minimum absolute atomic E-state index is 0.0664. The molecule has 1 aromatic heterocycles. The number of pyridine rings is 1. The summed E-state index contributed by atoms with van der Waals surface area (Å²) in [7, 11) is 3.07. The summed E-state index contributed by atoms with van der Waals surface area (Å²) in [5, 5.41) is 3.04. The van der Waals surface area contributed by atoms with Crippen molar-refractivity contribution >= 4 is 23.2 Å². The standard InChI is InChI=1S/C18H19ClN2O5/c1-23-12-3-4-15(16(8-12)24-2)21-17(22)11-7-14(19)18(20-9-11)26-13-5-6-25-10-13/h3-4,7-9,13H,5-6,10H2,1-2H3,(H,21,22). The van der Waals surface area contributed by atoms with Crippen molar-refractivity contribution in [1.82, 2.24) is 4.98 Å². The molecule has 1 unspecified atom stereocenters. The van der Waals surface area contributed by atoms with Crippen molar-refractivity contribution in [3.63, 3.8) is 0 Å². The monoisotopic (exact) mass is 378 g/mol. The minimum atomic E-state index is -0.362. The molecule has 1 aromatic carbocycles. The molecule has 0 aliphatic carbocycles. The molecule has 1 fully saturated rings. The number of carbonyl (C=O) groups excluding carboxylic acids is 1. The number of nitrogens with one attached hydrogen (secondary N) is 1. The maximum Gasteiger partial charge on any atom is 0.257 e. The normalized spacial score (nSPS) is 16.2. The van der Waals surface area contributed by atoms with E-state index in [1.165, 1.54) is 19.4 Å². The van der Waals surface area contributed by atoms with Crippen LogP contribution in [0.5, 0.6) is 17.4 Å². The zero-order valence-corrected chi connectivity index (χ0v) is 15.2. The maximum atomic E-state index is 12.5. The van der Waals surface area contributed by atoms with Crippen molar-refractivity contribution in [2.75, 3.05) is 32.8 Å². The molecule has 0 bridgehead atoms. The number of anilines is 1. The smallest absolute Gasteiger partial charge is 0.257 e. The van der Waals surface area contributed by atoms with E-state index in [2.05, 4.69) is 10.3 Å². The topological polar surface area (TPSA) is 78.9 Å². The number of amides is 1. The Kier molecular flexibility index (Phi) is 5.80. The molecule has 1 saturated heterocycles. The van der Waals surface area contributed by atoms with E-state index in [-0.39, 0.29) is 17.0 Å². The lowest BCUT2D eigenvalue weighted by atomic mass is 10.2. The molecule has 7 nitrogen and oxygen atoms in total. The summed E-state index contributed by atoms with van der Waals surface area (Å²) < 4.78 is 21.4. The van der Waals surface area contributed by atoms with E-state index in [1.54, 1.807) is 25.3 Å². The van der Waals surface area contributed by atoms with Gasteiger partial charge in [-0.3, -0.25) is 4.79 Å². The first-order chi connectivity index (χ1) is 12.6. The van der Waals surface area contributed by atoms with Crippen LogP contribution in [0.15, 0.2) is 30.5 Å². The molecule has 0 radical (unpaired) electrons. The number of hydrogen-bond donors (Lipinski definition) is 1. The van der Waals surface area contributed by atoms with Gasteiger partial charge in [-0.25, -0.2) is 4.98 Å². The van der Waals surface area contributed by atoms with Gasteiger partial charge in [0, 0.05) is 18.7 Å². The minimum Gasteiger partial charge on any atom is -0.497 e. The Morgan fingerprint density at radius 3 is 2.81 bits per heavy atom. The second-order valence-corrected chi connectivity index (χ2v) is 6.04. The van der Waals surface area contributed by atoms with Crippen LogP contribution in [0.4, 0.5) is 5.69 Å². The highest BCUT2D eigenvalue weighted by Crippen LogP contribution is 2.30. The first-order valence-corrected chi connectivity index (χ1v) is 8.42. The first kappa shape index (κ1) is 18.3. The van der Waals surface area contributed by atoms with Gasteiger partial charge in [-0.15, -0.1) is 0 Å². The Balaban J connectivity index is 1.72. The number of ether oxygens (including phenoxy) is 4. The SMILES string of the molecule is COc1ccc(NC(=O)c2cnc(OC3CCOC3)c(Cl)c2)c(OC)c1. The number of halogens is 1. The summed E-state index contributed by atoms with van der Waals surface area (Å²) in [5.41, 5.74) is 0.820. The molecule has 3 rings (SSSR count). The van der Waals surface area contributed by atoms with Crippen molar-refractivity contribution in [2.45, 2.75) is 12.5 Å². The highest BCUT2D eigenvalue weighted by Gasteiger charge is 2.20. The number of nitrogens with zero attached hydrogens (tertiary/aromatic N) is 1. The summed E-state index contributed by atoms with van der Waals surface area (Å²) in [4.78, 5) is 16.6. The molecule has 8 heteroatoms. The van der Waals surface area contributed by atoms with Crippen molar-refractivity contribution < 1.29 is 23.7 Å². The first-order valence-electron chi connectivity index (χ1n) is 8.04. The van der Waals surface area contributed by atoms with Gasteiger partial charge in [0.1, 0.15) is 22.6 Å². The zero-order valence-electron chi connectivity index (χ0n) is 14.5. The van der Waals surface area contributed by atoms with Crippen LogP contribution in [0.2, 0.25) is 5.02 Å². The predicted octanol–water partition coefficient (Wildman–Crippen LogP) is 3.17. The van der Waals surface area contributed by atoms with E-state index in [0.717, 1.165) is 6.42 Å². The van der Waals surface area contributed by atoms with Crippen LogP contribution in [0.3, 0.4) is 0 Å². The van der Waals surface area contributed by atoms with Gasteiger partial charge in [0.25, 0.3) is 5.91 Å². The quantitative estimate of drug-likeness (QED) is 0.831. The van der Waals surface area contributed by atoms with Crippen molar-refractivity contribution in [3.8, 4) is 17.4 Å². The Bertz CT molecular complexity index is 793. The van der Waals surface area contributed by atoms with E-state index in [0.29, 0.717) is 41.8 Å². The van der Waals surface area contributed by atoms with Crippen LogP contribution in [0, 0.1) is 0 Å². The van der Waals surface area contributed by atoms with Crippen LogP contribution >= 0.6 is 11.6 Å². The van der Waals surface area contributed by atoms with Crippen molar-refractivity contribution in [2.24, 2.45) is 0 Å². The Labute approximate surface area is 156 Å². The summed E-state index contributed by atoms with van der Waals surface area (Å²) >= 11 is 6.20. The number of methoxy groups -OCH3 is 2. The van der Waals surface area contributed by atoms with Gasteiger partial charge in [-0.2, -0.15) is 0 Å². The molecule has 1 amide bonds. The van der Waals surface area contributed by atoms with Crippen molar-refractivity contribution in [3.05, 3.63) is 41.0 Å². The van der Waals surface area contributed by atoms with Crippen LogP contribution in [0.25, 0.3) is 0 Å². The average molecular weight is 379 g/mol. The lowest BCUT2D eigenvalue weighted by Crippen LogP contribution is -2.17. The molecule has 1 aliphatic rings. The third-order valence-electron chi connectivity index (χ3n) is 3.89. The Hall–Kier alpha value is -2.51. The second kappa shape index (κ2) is 8.25. The molecule has 0 saturated carbocycles. The van der Waals surface area contributed by atoms with E-state index in [4.69, 9.17) is 30.5 Å². The molecular weight excluding hydrogens is 360 g/mol. The molecule has 1 N–H and O–H groups in total. The van der Waals surface area contributed by atoms with Gasteiger partial charge in [-0.05, 0) is 18.2 Å². The molecule has 2 aromatic rings. The highest BCUT2D eigenvalue weighted by atomic mass is 35.5. The largest absolute Gasteiger partial charge is 0.497 e. The fourth-order valence-corrected chi connectivity index (χ4v) is 2.71. The van der Waals surface area contributed by atoms with Gasteiger partial charge < -0.3 is 24.3 Å². The number of rotatable bonds is 6. The third-order valence-corrected chi connectivity index (χ3v) is 4.16. The molecule has 2 heterocycles. The number of aromatic nitrogens is 1. The fourth-order valence-electron chi connectivity index (χ4n) is 2.50. The average Bonchev–Trinajstić information content (AvgIpc) is 3.16. The Morgan fingerprint density at radius 1 is 1.31 bits per heavy atom. The van der Waals surface area contributed by atoms with Gasteiger partial charge in [-0.1, -0.05) is 11.6 Å². The molecular formula is C18H19ClN2O5. The summed E-state index contributed by atoms with van der Waals surface area (Å²) in [6.45, 7) is 1.17. The molecule has 26 heavy (non-hydrogen) atoms. The number of hydrogen-bond acceptors (Lipinski definition) is 6. The highest BCUT2D eigenvalue weighted by molar-refractivity contribution is 6.32. The third kappa shape index (κ3) is 4.17. The van der Waals surface area contributed by atoms with E-state index >= 15 is 0 Å². The number of benzene rings is 1. The van der Waals surface area contributed by atoms with E-state index in [9.17, 15) is 4.79 Å². The number of carbonyl (C=O) groups is 1. The van der Waals surface area contributed by atoms with Crippen molar-refractivity contribution in [1.29, 1.82) is 0 Å². The van der Waals surface area contributed by atoms with Gasteiger partial charge >= 0.3 is 0 Å². The van der Waals surface area contributed by atoms with Crippen LogP contribution in [-0.2, 0) is 4.74 Å². The Morgan fingerprint density at radius 2 is 2.15 bits per heavy atom. The lowest BCUT2D eigenvalue weighted by Gasteiger charge is -2.14. The lowest BCUT2D eigenvalue weighted by molar-refractivity contribution is 0.102. The van der Waals surface area contributed by atoms with Gasteiger partial charge in [0.05, 0.1) is 38.7 Å². The van der Waals surface area contributed by atoms with E-state index in [1.807, 2.05) is 0 Å².